The van der Waals surface area contributed by atoms with Gasteiger partial charge in [0.25, 0.3) is 0 Å². The fourth-order valence-electron chi connectivity index (χ4n) is 2.54. The highest BCUT2D eigenvalue weighted by atomic mass is 35.5. The Bertz CT molecular complexity index is 1070. The number of nitrogens with zero attached hydrogens (tertiary/aromatic N) is 2. The third-order valence-electron chi connectivity index (χ3n) is 3.99. The van der Waals surface area contributed by atoms with E-state index < -0.39 is 17.6 Å². The molecule has 2 aromatic carbocycles. The van der Waals surface area contributed by atoms with Crippen LogP contribution in [0.15, 0.2) is 36.5 Å². The highest BCUT2D eigenvalue weighted by molar-refractivity contribution is 6.32. The predicted octanol–water partition coefficient (Wildman–Crippen LogP) is 5.80. The molecule has 0 unspecified atom stereocenters. The molecule has 0 radical (unpaired) electrons. The van der Waals surface area contributed by atoms with E-state index in [1.165, 1.54) is 19.2 Å². The molecule has 0 amide bonds. The molecule has 3 aromatic rings. The number of hydrogen-bond donors (Lipinski definition) is 3. The molecule has 3 rings (SSSR count). The first-order chi connectivity index (χ1) is 14.1. The lowest BCUT2D eigenvalue weighted by atomic mass is 10.1. The number of aromatic hydroxyl groups is 1. The zero-order chi connectivity index (χ0) is 22.1. The predicted molar refractivity (Wildman–Crippen MR) is 104 cm³/mol. The zero-order valence-electron chi connectivity index (χ0n) is 15.6. The second-order valence-corrected chi connectivity index (χ2v) is 6.62. The van der Waals surface area contributed by atoms with Crippen molar-refractivity contribution in [3.05, 3.63) is 58.5 Å². The molecule has 0 bridgehead atoms. The first-order valence-electron chi connectivity index (χ1n) is 8.39. The number of rotatable bonds is 5. The van der Waals surface area contributed by atoms with Crippen LogP contribution in [0.1, 0.15) is 11.1 Å². The van der Waals surface area contributed by atoms with Gasteiger partial charge < -0.3 is 20.5 Å². The number of hydrogen-bond acceptors (Lipinski definition) is 6. The van der Waals surface area contributed by atoms with Crippen molar-refractivity contribution in [1.29, 1.82) is 0 Å². The number of aryl methyl sites for hydroxylation is 1. The van der Waals surface area contributed by atoms with Gasteiger partial charge in [0.2, 0.25) is 5.95 Å². The molecule has 0 fully saturated rings. The Balaban J connectivity index is 1.91. The van der Waals surface area contributed by atoms with E-state index in [2.05, 4.69) is 20.6 Å². The SMILES string of the molecule is COc1cc(Nc2nc(Nc3cc(C)c(O)c(Cl)c3)ncc2F)cc(C(F)(F)F)c1. The molecule has 0 spiro atoms. The van der Waals surface area contributed by atoms with E-state index in [0.717, 1.165) is 18.3 Å². The van der Waals surface area contributed by atoms with Gasteiger partial charge in [-0.3, -0.25) is 0 Å². The molecule has 30 heavy (non-hydrogen) atoms. The van der Waals surface area contributed by atoms with Gasteiger partial charge in [0.15, 0.2) is 11.6 Å². The summed E-state index contributed by atoms with van der Waals surface area (Å²) >= 11 is 5.92. The minimum absolute atomic E-state index is 0.0426. The van der Waals surface area contributed by atoms with Crippen LogP contribution in [0.25, 0.3) is 0 Å². The van der Waals surface area contributed by atoms with Crippen molar-refractivity contribution in [2.24, 2.45) is 0 Å². The fourth-order valence-corrected chi connectivity index (χ4v) is 2.81. The van der Waals surface area contributed by atoms with E-state index in [4.69, 9.17) is 16.3 Å². The highest BCUT2D eigenvalue weighted by Crippen LogP contribution is 2.35. The van der Waals surface area contributed by atoms with Crippen LogP contribution in [0.5, 0.6) is 11.5 Å². The lowest BCUT2D eigenvalue weighted by molar-refractivity contribution is -0.137. The van der Waals surface area contributed by atoms with Gasteiger partial charge in [-0.1, -0.05) is 11.6 Å². The Morgan fingerprint density at radius 2 is 1.77 bits per heavy atom. The number of alkyl halides is 3. The molecule has 1 heterocycles. The minimum Gasteiger partial charge on any atom is -0.506 e. The molecule has 158 valence electrons. The van der Waals surface area contributed by atoms with Crippen LogP contribution >= 0.6 is 11.6 Å². The van der Waals surface area contributed by atoms with Gasteiger partial charge in [0.1, 0.15) is 11.5 Å². The monoisotopic (exact) mass is 442 g/mol. The molecule has 11 heteroatoms. The summed E-state index contributed by atoms with van der Waals surface area (Å²) in [6.45, 7) is 1.63. The Hall–Kier alpha value is -3.27. The summed E-state index contributed by atoms with van der Waals surface area (Å²) in [6, 6.07) is 5.89. The Labute approximate surface area is 173 Å². The van der Waals surface area contributed by atoms with Crippen molar-refractivity contribution < 1.29 is 27.4 Å². The first kappa shape index (κ1) is 21.4. The number of ether oxygens (including phenoxy) is 1. The number of anilines is 4. The van der Waals surface area contributed by atoms with Crippen LogP contribution in [0.2, 0.25) is 5.02 Å². The minimum atomic E-state index is -4.61. The van der Waals surface area contributed by atoms with Crippen LogP contribution < -0.4 is 15.4 Å². The van der Waals surface area contributed by atoms with Crippen LogP contribution in [0.4, 0.5) is 40.7 Å². The Morgan fingerprint density at radius 1 is 1.07 bits per heavy atom. The van der Waals surface area contributed by atoms with Gasteiger partial charge in [-0.05, 0) is 36.8 Å². The van der Waals surface area contributed by atoms with Crippen molar-refractivity contribution in [2.75, 3.05) is 17.7 Å². The van der Waals surface area contributed by atoms with E-state index >= 15 is 0 Å². The summed E-state index contributed by atoms with van der Waals surface area (Å²) in [5, 5.41) is 15.1. The number of phenolic OH excluding ortho intramolecular Hbond substituents is 1. The standard InChI is InChI=1S/C19H15ClF4N4O2/c1-9-3-11(7-14(20)16(9)29)27-18-25-8-15(21)17(28-18)26-12-4-10(19(22,23)24)5-13(6-12)30-2/h3-8,29H,1-2H3,(H2,25,26,27,28). The summed E-state index contributed by atoms with van der Waals surface area (Å²) in [5.41, 5.74) is -0.129. The third-order valence-corrected chi connectivity index (χ3v) is 4.27. The quantitative estimate of drug-likeness (QED) is 0.342. The largest absolute Gasteiger partial charge is 0.506 e. The maximum Gasteiger partial charge on any atom is 0.416 e. The Kier molecular flexibility index (Phi) is 5.88. The van der Waals surface area contributed by atoms with Gasteiger partial charge in [-0.2, -0.15) is 18.2 Å². The molecule has 3 N–H and O–H groups in total. The molecular formula is C19H15ClF4N4O2. The van der Waals surface area contributed by atoms with Crippen LogP contribution in [0.3, 0.4) is 0 Å². The van der Waals surface area contributed by atoms with Crippen molar-refractivity contribution in [3.8, 4) is 11.5 Å². The smallest absolute Gasteiger partial charge is 0.416 e. The van der Waals surface area contributed by atoms with Crippen LogP contribution in [-0.4, -0.2) is 22.2 Å². The maximum atomic E-state index is 14.2. The second kappa shape index (κ2) is 8.23. The maximum absolute atomic E-state index is 14.2. The molecule has 1 aromatic heterocycles. The average Bonchev–Trinajstić information content (AvgIpc) is 2.67. The van der Waals surface area contributed by atoms with Crippen LogP contribution in [0, 0.1) is 12.7 Å². The van der Waals surface area contributed by atoms with Crippen molar-refractivity contribution in [2.45, 2.75) is 13.1 Å². The Morgan fingerprint density at radius 3 is 2.40 bits per heavy atom. The summed E-state index contributed by atoms with van der Waals surface area (Å²) in [7, 11) is 1.22. The summed E-state index contributed by atoms with van der Waals surface area (Å²) in [4.78, 5) is 7.76. The molecule has 0 saturated carbocycles. The highest BCUT2D eigenvalue weighted by Gasteiger charge is 2.31. The number of halogens is 5. The lowest BCUT2D eigenvalue weighted by Gasteiger charge is -2.14. The van der Waals surface area contributed by atoms with Crippen molar-refractivity contribution in [1.82, 2.24) is 9.97 Å². The summed E-state index contributed by atoms with van der Waals surface area (Å²) < 4.78 is 58.3. The van der Waals surface area contributed by atoms with E-state index in [0.29, 0.717) is 11.3 Å². The molecule has 0 atom stereocenters. The number of phenols is 1. The zero-order valence-corrected chi connectivity index (χ0v) is 16.4. The van der Waals surface area contributed by atoms with Gasteiger partial charge in [0.05, 0.1) is 23.9 Å². The van der Waals surface area contributed by atoms with Gasteiger partial charge in [-0.25, -0.2) is 9.37 Å². The molecule has 0 saturated heterocycles. The van der Waals surface area contributed by atoms with Crippen molar-refractivity contribution >= 4 is 34.7 Å². The van der Waals surface area contributed by atoms with Gasteiger partial charge in [-0.15, -0.1) is 0 Å². The second-order valence-electron chi connectivity index (χ2n) is 6.21. The first-order valence-corrected chi connectivity index (χ1v) is 8.76. The normalized spacial score (nSPS) is 11.3. The third kappa shape index (κ3) is 4.82. The van der Waals surface area contributed by atoms with E-state index in [9.17, 15) is 22.7 Å². The fraction of sp³-hybridized carbons (Fsp3) is 0.158. The van der Waals surface area contributed by atoms with E-state index in [-0.39, 0.29) is 34.0 Å². The lowest BCUT2D eigenvalue weighted by Crippen LogP contribution is -2.07. The molecular weight excluding hydrogens is 428 g/mol. The number of methoxy groups -OCH3 is 1. The molecule has 0 aliphatic heterocycles. The van der Waals surface area contributed by atoms with Gasteiger partial charge in [0, 0.05) is 17.4 Å². The summed E-state index contributed by atoms with van der Waals surface area (Å²) in [5.74, 6) is -1.41. The van der Waals surface area contributed by atoms with Crippen molar-refractivity contribution in [3.63, 3.8) is 0 Å². The molecule has 0 aliphatic carbocycles. The average molecular weight is 443 g/mol. The van der Waals surface area contributed by atoms with E-state index in [1.807, 2.05) is 0 Å². The number of aromatic nitrogens is 2. The molecule has 0 aliphatic rings. The topological polar surface area (TPSA) is 79.3 Å². The number of benzene rings is 2. The van der Waals surface area contributed by atoms with Crippen LogP contribution in [-0.2, 0) is 6.18 Å². The molecule has 6 nitrogen and oxygen atoms in total. The van der Waals surface area contributed by atoms with E-state index in [1.54, 1.807) is 13.0 Å². The number of nitrogens with one attached hydrogen (secondary N) is 2. The van der Waals surface area contributed by atoms with Gasteiger partial charge >= 0.3 is 6.18 Å². The summed E-state index contributed by atoms with van der Waals surface area (Å²) in [6.07, 6.45) is -3.75.